The standard InChI is InChI=1S/C17H24N2O3/c20-16(14-11-15(22-19-14)12-1-2-12)18-13-3-5-17(6-4-13)7-9-21-10-8-17/h11-13H,1-10H2,(H,18,20). The molecule has 1 amide bonds. The van der Waals surface area contributed by atoms with E-state index in [-0.39, 0.29) is 11.9 Å². The number of carbonyl (C=O) groups excluding carboxylic acids is 1. The molecule has 5 heteroatoms. The number of ether oxygens (including phenoxy) is 1. The number of nitrogens with one attached hydrogen (secondary N) is 1. The Morgan fingerprint density at radius 1 is 1.14 bits per heavy atom. The van der Waals surface area contributed by atoms with Crippen molar-refractivity contribution in [2.75, 3.05) is 13.2 Å². The van der Waals surface area contributed by atoms with Crippen molar-refractivity contribution in [2.45, 2.75) is 63.3 Å². The van der Waals surface area contributed by atoms with E-state index in [0.717, 1.165) is 44.7 Å². The summed E-state index contributed by atoms with van der Waals surface area (Å²) in [7, 11) is 0. The summed E-state index contributed by atoms with van der Waals surface area (Å²) >= 11 is 0. The van der Waals surface area contributed by atoms with Gasteiger partial charge in [0, 0.05) is 31.2 Å². The first-order valence-corrected chi connectivity index (χ1v) is 8.59. The average molecular weight is 304 g/mol. The number of hydrogen-bond acceptors (Lipinski definition) is 4. The summed E-state index contributed by atoms with van der Waals surface area (Å²) in [5.41, 5.74) is 0.917. The van der Waals surface area contributed by atoms with Crippen molar-refractivity contribution in [3.63, 3.8) is 0 Å². The van der Waals surface area contributed by atoms with E-state index in [2.05, 4.69) is 10.5 Å². The van der Waals surface area contributed by atoms with Gasteiger partial charge in [-0.3, -0.25) is 4.79 Å². The molecule has 2 aliphatic carbocycles. The quantitative estimate of drug-likeness (QED) is 0.932. The van der Waals surface area contributed by atoms with Crippen molar-refractivity contribution in [1.82, 2.24) is 10.5 Å². The van der Waals surface area contributed by atoms with Crippen molar-refractivity contribution < 1.29 is 14.1 Å². The Kier molecular flexibility index (Phi) is 3.68. The van der Waals surface area contributed by atoms with Gasteiger partial charge >= 0.3 is 0 Å². The summed E-state index contributed by atoms with van der Waals surface area (Å²) in [4.78, 5) is 12.3. The summed E-state index contributed by atoms with van der Waals surface area (Å²) in [5, 5.41) is 7.06. The molecule has 0 atom stereocenters. The maximum absolute atomic E-state index is 12.3. The number of nitrogens with zero attached hydrogens (tertiary/aromatic N) is 1. The van der Waals surface area contributed by atoms with Crippen molar-refractivity contribution in [3.05, 3.63) is 17.5 Å². The maximum atomic E-state index is 12.3. The molecule has 0 bridgehead atoms. The molecule has 4 rings (SSSR count). The molecule has 0 unspecified atom stereocenters. The predicted octanol–water partition coefficient (Wildman–Crippen LogP) is 3.02. The second kappa shape index (κ2) is 5.69. The van der Waals surface area contributed by atoms with Crippen molar-refractivity contribution >= 4 is 5.91 Å². The van der Waals surface area contributed by atoms with Gasteiger partial charge in [-0.2, -0.15) is 0 Å². The second-order valence-corrected chi connectivity index (χ2v) is 7.25. The van der Waals surface area contributed by atoms with Crippen LogP contribution in [0.1, 0.15) is 73.5 Å². The Labute approximate surface area is 130 Å². The van der Waals surface area contributed by atoms with Crippen LogP contribution >= 0.6 is 0 Å². The lowest BCUT2D eigenvalue weighted by Crippen LogP contribution is -2.42. The van der Waals surface area contributed by atoms with E-state index in [1.54, 1.807) is 0 Å². The van der Waals surface area contributed by atoms with Crippen LogP contribution in [0, 0.1) is 5.41 Å². The van der Waals surface area contributed by atoms with Crippen LogP contribution in [0.25, 0.3) is 0 Å². The summed E-state index contributed by atoms with van der Waals surface area (Å²) in [6.45, 7) is 1.81. The van der Waals surface area contributed by atoms with E-state index in [9.17, 15) is 4.79 Å². The van der Waals surface area contributed by atoms with E-state index < -0.39 is 0 Å². The Hall–Kier alpha value is -1.36. The van der Waals surface area contributed by atoms with Crippen molar-refractivity contribution in [2.24, 2.45) is 5.41 Å². The molecule has 2 saturated carbocycles. The first-order chi connectivity index (χ1) is 10.7. The lowest BCUT2D eigenvalue weighted by molar-refractivity contribution is -0.00903. The van der Waals surface area contributed by atoms with Crippen molar-refractivity contribution in [3.8, 4) is 0 Å². The monoisotopic (exact) mass is 304 g/mol. The fourth-order valence-corrected chi connectivity index (χ4v) is 3.89. The molecule has 3 fully saturated rings. The highest BCUT2D eigenvalue weighted by molar-refractivity contribution is 5.92. The SMILES string of the molecule is O=C(NC1CCC2(CCOCC2)CC1)c1cc(C2CC2)on1. The average Bonchev–Trinajstić information content (AvgIpc) is 3.28. The third-order valence-corrected chi connectivity index (χ3v) is 5.68. The highest BCUT2D eigenvalue weighted by Gasteiger charge is 2.37. The van der Waals surface area contributed by atoms with Gasteiger partial charge in [-0.25, -0.2) is 0 Å². The lowest BCUT2D eigenvalue weighted by atomic mass is 9.68. The minimum atomic E-state index is -0.0800. The number of amides is 1. The van der Waals surface area contributed by atoms with Crippen LogP contribution in [0.4, 0.5) is 0 Å². The molecule has 1 aromatic heterocycles. The highest BCUT2D eigenvalue weighted by Crippen LogP contribution is 2.44. The van der Waals surface area contributed by atoms with Gasteiger partial charge in [0.05, 0.1) is 0 Å². The first-order valence-electron chi connectivity index (χ1n) is 8.59. The molecule has 3 aliphatic rings. The Morgan fingerprint density at radius 2 is 1.86 bits per heavy atom. The smallest absolute Gasteiger partial charge is 0.273 e. The zero-order valence-electron chi connectivity index (χ0n) is 13.0. The molecule has 1 spiro atoms. The van der Waals surface area contributed by atoms with Crippen LogP contribution in [0.15, 0.2) is 10.6 Å². The maximum Gasteiger partial charge on any atom is 0.273 e. The van der Waals surface area contributed by atoms with Gasteiger partial charge in [0.15, 0.2) is 5.69 Å². The number of aromatic nitrogens is 1. The molecule has 120 valence electrons. The molecule has 1 saturated heterocycles. The molecule has 0 aromatic carbocycles. The van der Waals surface area contributed by atoms with E-state index >= 15 is 0 Å². The molecule has 2 heterocycles. The minimum Gasteiger partial charge on any atom is -0.381 e. The lowest BCUT2D eigenvalue weighted by Gasteiger charge is -2.42. The summed E-state index contributed by atoms with van der Waals surface area (Å²) < 4.78 is 10.7. The van der Waals surface area contributed by atoms with Crippen LogP contribution < -0.4 is 5.32 Å². The topological polar surface area (TPSA) is 64.4 Å². The fraction of sp³-hybridized carbons (Fsp3) is 0.765. The summed E-state index contributed by atoms with van der Waals surface area (Å²) in [6, 6.07) is 2.09. The van der Waals surface area contributed by atoms with Gasteiger partial charge in [0.1, 0.15) is 5.76 Å². The van der Waals surface area contributed by atoms with Gasteiger partial charge in [-0.05, 0) is 56.8 Å². The third kappa shape index (κ3) is 2.91. The molecule has 0 radical (unpaired) electrons. The van der Waals surface area contributed by atoms with E-state index in [0.29, 0.717) is 17.0 Å². The second-order valence-electron chi connectivity index (χ2n) is 7.25. The number of hydrogen-bond donors (Lipinski definition) is 1. The van der Waals surface area contributed by atoms with E-state index in [1.807, 2.05) is 6.07 Å². The molecule has 1 aliphatic heterocycles. The largest absolute Gasteiger partial charge is 0.381 e. The molecule has 1 aromatic rings. The van der Waals surface area contributed by atoms with Gasteiger partial charge < -0.3 is 14.6 Å². The minimum absolute atomic E-state index is 0.0800. The predicted molar refractivity (Wildman–Crippen MR) is 80.7 cm³/mol. The summed E-state index contributed by atoms with van der Waals surface area (Å²) in [6.07, 6.45) is 9.22. The molecular weight excluding hydrogens is 280 g/mol. The first kappa shape index (κ1) is 14.2. The van der Waals surface area contributed by atoms with E-state index in [1.165, 1.54) is 25.7 Å². The zero-order valence-corrected chi connectivity index (χ0v) is 13.0. The van der Waals surface area contributed by atoms with Gasteiger partial charge in [0.2, 0.25) is 0 Å². The molecule has 1 N–H and O–H groups in total. The van der Waals surface area contributed by atoms with Crippen LogP contribution in [0.3, 0.4) is 0 Å². The summed E-state index contributed by atoms with van der Waals surface area (Å²) in [5.74, 6) is 1.29. The third-order valence-electron chi connectivity index (χ3n) is 5.68. The fourth-order valence-electron chi connectivity index (χ4n) is 3.89. The highest BCUT2D eigenvalue weighted by atomic mass is 16.5. The zero-order chi connectivity index (χ0) is 15.0. The van der Waals surface area contributed by atoms with Gasteiger partial charge in [-0.15, -0.1) is 0 Å². The Bertz CT molecular complexity index is 534. The number of carbonyl (C=O) groups is 1. The van der Waals surface area contributed by atoms with Crippen LogP contribution in [0.5, 0.6) is 0 Å². The molecule has 5 nitrogen and oxygen atoms in total. The van der Waals surface area contributed by atoms with Crippen LogP contribution in [-0.4, -0.2) is 30.3 Å². The normalized spacial score (nSPS) is 25.3. The Morgan fingerprint density at radius 3 is 2.55 bits per heavy atom. The molecular formula is C17H24N2O3. The van der Waals surface area contributed by atoms with Crippen LogP contribution in [-0.2, 0) is 4.74 Å². The number of rotatable bonds is 3. The van der Waals surface area contributed by atoms with Crippen molar-refractivity contribution in [1.29, 1.82) is 0 Å². The van der Waals surface area contributed by atoms with Gasteiger partial charge in [-0.1, -0.05) is 5.16 Å². The van der Waals surface area contributed by atoms with Gasteiger partial charge in [0.25, 0.3) is 5.91 Å². The van der Waals surface area contributed by atoms with E-state index in [4.69, 9.17) is 9.26 Å². The molecule has 22 heavy (non-hydrogen) atoms. The Balaban J connectivity index is 1.31. The van der Waals surface area contributed by atoms with Crippen LogP contribution in [0.2, 0.25) is 0 Å².